The normalized spacial score (nSPS) is 13.6. The van der Waals surface area contributed by atoms with E-state index in [2.05, 4.69) is 39.4 Å². The van der Waals surface area contributed by atoms with E-state index in [9.17, 15) is 4.79 Å². The summed E-state index contributed by atoms with van der Waals surface area (Å²) < 4.78 is 7.61. The molecule has 1 aliphatic carbocycles. The van der Waals surface area contributed by atoms with E-state index in [0.29, 0.717) is 13.0 Å². The molecule has 3 aromatic rings. The molecule has 1 N–H and O–H groups in total. The van der Waals surface area contributed by atoms with Crippen LogP contribution in [-0.4, -0.2) is 23.8 Å². The van der Waals surface area contributed by atoms with Gasteiger partial charge in [0.05, 0.1) is 13.3 Å². The fraction of sp³-hybridized carbons (Fsp3) is 0.304. The number of aryl methyl sites for hydroxylation is 2. The zero-order valence-corrected chi connectivity index (χ0v) is 16.1. The Hall–Kier alpha value is -3.08. The number of methoxy groups -OCH3 is 1. The molecule has 5 heteroatoms. The zero-order valence-electron chi connectivity index (χ0n) is 16.1. The molecule has 0 atom stereocenters. The largest absolute Gasteiger partial charge is 0.496 e. The first-order chi connectivity index (χ1) is 13.8. The van der Waals surface area contributed by atoms with Crippen LogP contribution in [0.3, 0.4) is 0 Å². The Morgan fingerprint density at radius 1 is 1.14 bits per heavy atom. The molecule has 4 rings (SSSR count). The molecule has 0 saturated carbocycles. The van der Waals surface area contributed by atoms with E-state index in [1.807, 2.05) is 24.3 Å². The predicted molar refractivity (Wildman–Crippen MR) is 112 cm³/mol. The molecule has 0 fully saturated rings. The summed E-state index contributed by atoms with van der Waals surface area (Å²) in [6, 6.07) is 16.1. The lowest BCUT2D eigenvalue weighted by molar-refractivity contribution is -0.121. The highest BCUT2D eigenvalue weighted by molar-refractivity contribution is 5.87. The first kappa shape index (κ1) is 18.3. The zero-order chi connectivity index (χ0) is 19.3. The van der Waals surface area contributed by atoms with Gasteiger partial charge in [0.15, 0.2) is 0 Å². The van der Waals surface area contributed by atoms with Crippen LogP contribution in [0.25, 0.3) is 10.9 Å². The van der Waals surface area contributed by atoms with Gasteiger partial charge in [-0.05, 0) is 49.4 Å². The number of carbonyl (C=O) groups is 1. The Morgan fingerprint density at radius 3 is 2.82 bits per heavy atom. The standard InChI is InChI=1S/C23H25N3O2/c1-28-22-13-7-2-8-17(22)16-24-25-23(27)14-15-26-20-11-5-3-9-18(20)19-10-4-6-12-21(19)26/h2-3,5,7-9,11,13,16H,4,6,10,12,14-15H2,1H3,(H,25,27)/b24-16-. The van der Waals surface area contributed by atoms with E-state index in [1.165, 1.54) is 35.0 Å². The van der Waals surface area contributed by atoms with Gasteiger partial charge in [0.25, 0.3) is 0 Å². The highest BCUT2D eigenvalue weighted by Gasteiger charge is 2.19. The number of para-hydroxylation sites is 2. The van der Waals surface area contributed by atoms with Gasteiger partial charge in [-0.3, -0.25) is 4.79 Å². The second kappa shape index (κ2) is 8.30. The van der Waals surface area contributed by atoms with Crippen molar-refractivity contribution in [3.8, 4) is 5.75 Å². The van der Waals surface area contributed by atoms with Crippen LogP contribution in [-0.2, 0) is 24.2 Å². The van der Waals surface area contributed by atoms with Crippen molar-refractivity contribution in [2.75, 3.05) is 7.11 Å². The quantitative estimate of drug-likeness (QED) is 0.522. The van der Waals surface area contributed by atoms with Gasteiger partial charge < -0.3 is 9.30 Å². The molecule has 144 valence electrons. The summed E-state index contributed by atoms with van der Waals surface area (Å²) in [6.07, 6.45) is 6.71. The second-order valence-electron chi connectivity index (χ2n) is 7.09. The van der Waals surface area contributed by atoms with Gasteiger partial charge in [0.2, 0.25) is 5.91 Å². The van der Waals surface area contributed by atoms with Crippen molar-refractivity contribution in [3.63, 3.8) is 0 Å². The fourth-order valence-electron chi connectivity index (χ4n) is 4.06. The molecule has 1 amide bonds. The maximum absolute atomic E-state index is 12.3. The van der Waals surface area contributed by atoms with Crippen molar-refractivity contribution in [2.45, 2.75) is 38.6 Å². The molecule has 0 saturated heterocycles. The second-order valence-corrected chi connectivity index (χ2v) is 7.09. The first-order valence-electron chi connectivity index (χ1n) is 9.82. The number of carbonyl (C=O) groups excluding carboxylic acids is 1. The van der Waals surface area contributed by atoms with Crippen LogP contribution in [0.15, 0.2) is 53.6 Å². The summed E-state index contributed by atoms with van der Waals surface area (Å²) in [5, 5.41) is 5.43. The molecule has 0 bridgehead atoms. The van der Waals surface area contributed by atoms with E-state index in [1.54, 1.807) is 13.3 Å². The molecule has 0 aliphatic heterocycles. The van der Waals surface area contributed by atoms with E-state index in [0.717, 1.165) is 24.2 Å². The third-order valence-corrected chi connectivity index (χ3v) is 5.38. The van der Waals surface area contributed by atoms with Crippen molar-refractivity contribution >= 4 is 23.0 Å². The van der Waals surface area contributed by atoms with Gasteiger partial charge in [-0.1, -0.05) is 30.3 Å². The monoisotopic (exact) mass is 375 g/mol. The summed E-state index contributed by atoms with van der Waals surface area (Å²) >= 11 is 0. The van der Waals surface area contributed by atoms with Crippen LogP contribution in [0.1, 0.15) is 36.1 Å². The topological polar surface area (TPSA) is 55.6 Å². The maximum Gasteiger partial charge on any atom is 0.241 e. The average Bonchev–Trinajstić information content (AvgIpc) is 3.06. The highest BCUT2D eigenvalue weighted by atomic mass is 16.5. The summed E-state index contributed by atoms with van der Waals surface area (Å²) in [5.41, 5.74) is 7.57. The molecular weight excluding hydrogens is 350 g/mol. The number of hydrazone groups is 1. The molecule has 1 aromatic heterocycles. The van der Waals surface area contributed by atoms with Crippen molar-refractivity contribution in [1.82, 2.24) is 9.99 Å². The summed E-state index contributed by atoms with van der Waals surface area (Å²) in [7, 11) is 1.62. The minimum Gasteiger partial charge on any atom is -0.496 e. The van der Waals surface area contributed by atoms with E-state index in [4.69, 9.17) is 4.74 Å². The lowest BCUT2D eigenvalue weighted by atomic mass is 9.95. The van der Waals surface area contributed by atoms with Gasteiger partial charge in [-0.25, -0.2) is 5.43 Å². The Balaban J connectivity index is 1.44. The maximum atomic E-state index is 12.3. The van der Waals surface area contributed by atoms with Crippen molar-refractivity contribution in [1.29, 1.82) is 0 Å². The smallest absolute Gasteiger partial charge is 0.241 e. The van der Waals surface area contributed by atoms with Crippen LogP contribution in [0.4, 0.5) is 0 Å². The Labute approximate surface area is 165 Å². The molecule has 2 aromatic carbocycles. The van der Waals surface area contributed by atoms with Crippen LogP contribution >= 0.6 is 0 Å². The lowest BCUT2D eigenvalue weighted by Gasteiger charge is -2.15. The van der Waals surface area contributed by atoms with Crippen molar-refractivity contribution < 1.29 is 9.53 Å². The first-order valence-corrected chi connectivity index (χ1v) is 9.82. The number of ether oxygens (including phenoxy) is 1. The lowest BCUT2D eigenvalue weighted by Crippen LogP contribution is -2.20. The van der Waals surface area contributed by atoms with Crippen molar-refractivity contribution in [3.05, 3.63) is 65.4 Å². The molecule has 5 nitrogen and oxygen atoms in total. The number of fused-ring (bicyclic) bond motifs is 3. The van der Waals surface area contributed by atoms with Crippen LogP contribution in [0.5, 0.6) is 5.75 Å². The van der Waals surface area contributed by atoms with Gasteiger partial charge >= 0.3 is 0 Å². The van der Waals surface area contributed by atoms with Crippen LogP contribution < -0.4 is 10.2 Å². The van der Waals surface area contributed by atoms with E-state index < -0.39 is 0 Å². The van der Waals surface area contributed by atoms with Crippen LogP contribution in [0, 0.1) is 0 Å². The third kappa shape index (κ3) is 3.65. The third-order valence-electron chi connectivity index (χ3n) is 5.38. The number of hydrogen-bond donors (Lipinski definition) is 1. The number of nitrogens with one attached hydrogen (secondary N) is 1. The minimum absolute atomic E-state index is 0.0894. The number of aromatic nitrogens is 1. The van der Waals surface area contributed by atoms with Crippen molar-refractivity contribution in [2.24, 2.45) is 5.10 Å². The van der Waals surface area contributed by atoms with E-state index in [-0.39, 0.29) is 5.91 Å². The summed E-state index contributed by atoms with van der Waals surface area (Å²) in [5.74, 6) is 0.638. The van der Waals surface area contributed by atoms with Gasteiger partial charge in [-0.15, -0.1) is 0 Å². The Kier molecular flexibility index (Phi) is 5.42. The van der Waals surface area contributed by atoms with Gasteiger partial charge in [-0.2, -0.15) is 5.10 Å². The van der Waals surface area contributed by atoms with Gasteiger partial charge in [0, 0.05) is 35.1 Å². The summed E-state index contributed by atoms with van der Waals surface area (Å²) in [6.45, 7) is 0.672. The Morgan fingerprint density at radius 2 is 1.93 bits per heavy atom. The molecule has 0 spiro atoms. The van der Waals surface area contributed by atoms with E-state index >= 15 is 0 Å². The number of hydrogen-bond acceptors (Lipinski definition) is 3. The number of nitrogens with zero attached hydrogens (tertiary/aromatic N) is 2. The molecule has 1 aliphatic rings. The molecule has 28 heavy (non-hydrogen) atoms. The average molecular weight is 375 g/mol. The molecule has 0 unspecified atom stereocenters. The fourth-order valence-corrected chi connectivity index (χ4v) is 4.06. The molecule has 1 heterocycles. The summed E-state index contributed by atoms with van der Waals surface area (Å²) in [4.78, 5) is 12.3. The SMILES string of the molecule is COc1ccccc1/C=N\NC(=O)CCn1c2c(c3ccccc31)CCCC2. The van der Waals surface area contributed by atoms with Gasteiger partial charge in [0.1, 0.15) is 5.75 Å². The highest BCUT2D eigenvalue weighted by Crippen LogP contribution is 2.32. The van der Waals surface area contributed by atoms with Crippen LogP contribution in [0.2, 0.25) is 0 Å². The predicted octanol–water partition coefficient (Wildman–Crippen LogP) is 4.07. The number of rotatable bonds is 6. The Bertz CT molecular complexity index is 1020. The molecular formula is C23H25N3O2. The molecule has 0 radical (unpaired) electrons. The number of benzene rings is 2. The number of amides is 1. The minimum atomic E-state index is -0.0894.